The summed E-state index contributed by atoms with van der Waals surface area (Å²) in [6.45, 7) is 0. The molecule has 98 valence electrons. The summed E-state index contributed by atoms with van der Waals surface area (Å²) in [6.07, 6.45) is 0.694. The first kappa shape index (κ1) is 16.5. The molecule has 0 aromatic carbocycles. The number of allylic oxidation sites excluding steroid dienone is 1. The second kappa shape index (κ2) is 4.49. The molecule has 1 aliphatic rings. The molecule has 0 aliphatic heterocycles. The van der Waals surface area contributed by atoms with Gasteiger partial charge in [-0.3, -0.25) is 10.1 Å². The summed E-state index contributed by atoms with van der Waals surface area (Å²) in [5.74, 6) is 0. The number of nitro groups is 1. The van der Waals surface area contributed by atoms with E-state index in [0.29, 0.717) is 6.08 Å². The van der Waals surface area contributed by atoms with Crippen LogP contribution in [0.2, 0.25) is 0 Å². The van der Waals surface area contributed by atoms with Gasteiger partial charge in [-0.15, -0.1) is 0 Å². The highest BCUT2D eigenvalue weighted by atomic mass is 35.5. The van der Waals surface area contributed by atoms with Crippen molar-refractivity contribution in [1.82, 2.24) is 0 Å². The molecule has 0 spiro atoms. The van der Waals surface area contributed by atoms with E-state index in [2.05, 4.69) is 0 Å². The molecule has 0 saturated carbocycles. The first-order valence-corrected chi connectivity index (χ1v) is 6.70. The lowest BCUT2D eigenvalue weighted by Crippen LogP contribution is -2.65. The molecule has 0 aromatic heterocycles. The van der Waals surface area contributed by atoms with E-state index in [1.54, 1.807) is 0 Å². The molecule has 0 amide bonds. The van der Waals surface area contributed by atoms with Crippen LogP contribution in [0, 0.1) is 10.1 Å². The van der Waals surface area contributed by atoms with Crippen LogP contribution in [-0.4, -0.2) is 22.9 Å². The van der Waals surface area contributed by atoms with E-state index >= 15 is 0 Å². The summed E-state index contributed by atoms with van der Waals surface area (Å²) in [4.78, 5) is 7.37. The van der Waals surface area contributed by atoms with Crippen LogP contribution < -0.4 is 0 Å². The zero-order chi connectivity index (χ0) is 13.9. The van der Waals surface area contributed by atoms with Crippen molar-refractivity contribution in [3.63, 3.8) is 0 Å². The van der Waals surface area contributed by atoms with Crippen molar-refractivity contribution in [3.05, 3.63) is 21.2 Å². The van der Waals surface area contributed by atoms with Gasteiger partial charge in [-0.1, -0.05) is 81.2 Å². The molecule has 1 unspecified atom stereocenters. The number of rotatable bonds is 1. The quantitative estimate of drug-likeness (QED) is 0.272. The van der Waals surface area contributed by atoms with Crippen LogP contribution >= 0.6 is 92.8 Å². The van der Waals surface area contributed by atoms with Crippen molar-refractivity contribution in [2.45, 2.75) is 18.0 Å². The van der Waals surface area contributed by atoms with Crippen LogP contribution in [-0.2, 0) is 0 Å². The Kier molecular flexibility index (Phi) is 4.36. The summed E-state index contributed by atoms with van der Waals surface area (Å²) in [5, 5.41) is 10.5. The van der Waals surface area contributed by atoms with Crippen molar-refractivity contribution in [3.8, 4) is 0 Å². The highest BCUT2D eigenvalue weighted by molar-refractivity contribution is 6.74. The normalized spacial score (nSPS) is 34.0. The average molecular weight is 403 g/mol. The predicted octanol–water partition coefficient (Wildman–Crippen LogP) is 4.86. The molecular weight excluding hydrogens is 402 g/mol. The van der Waals surface area contributed by atoms with Gasteiger partial charge in [0.1, 0.15) is 0 Å². The Hall–Kier alpha value is 1.46. The Morgan fingerprint density at radius 2 is 1.41 bits per heavy atom. The van der Waals surface area contributed by atoms with Gasteiger partial charge in [-0.25, -0.2) is 0 Å². The lowest BCUT2D eigenvalue weighted by atomic mass is 9.99. The molecule has 0 aromatic rings. The van der Waals surface area contributed by atoms with Gasteiger partial charge < -0.3 is 0 Å². The fraction of sp³-hybridized carbons (Fsp3) is 0.667. The summed E-state index contributed by atoms with van der Waals surface area (Å²) >= 11 is 46.1. The number of hydrogen-bond acceptors (Lipinski definition) is 2. The molecule has 1 atom stereocenters. The lowest BCUT2D eigenvalue weighted by molar-refractivity contribution is -0.531. The van der Waals surface area contributed by atoms with E-state index < -0.39 is 28.0 Å². The minimum absolute atomic E-state index is 0.450. The number of halogens is 8. The molecule has 11 heteroatoms. The van der Waals surface area contributed by atoms with Crippen molar-refractivity contribution >= 4 is 92.8 Å². The van der Waals surface area contributed by atoms with Gasteiger partial charge in [0.05, 0.1) is 9.96 Å². The van der Waals surface area contributed by atoms with Gasteiger partial charge in [-0.2, -0.15) is 0 Å². The predicted molar refractivity (Wildman–Crippen MR) is 72.8 cm³/mol. The minimum atomic E-state index is -2.57. The van der Waals surface area contributed by atoms with Crippen LogP contribution in [0.15, 0.2) is 11.1 Å². The lowest BCUT2D eigenvalue weighted by Gasteiger charge is -2.46. The third kappa shape index (κ3) is 2.02. The third-order valence-electron chi connectivity index (χ3n) is 2.11. The summed E-state index contributed by atoms with van der Waals surface area (Å²) in [5.41, 5.74) is 0. The second-order valence-electron chi connectivity index (χ2n) is 3.15. The molecule has 3 nitrogen and oxygen atoms in total. The van der Waals surface area contributed by atoms with Crippen LogP contribution in [0.4, 0.5) is 0 Å². The number of hydrogen-bond donors (Lipinski definition) is 0. The monoisotopic (exact) mass is 399 g/mol. The van der Waals surface area contributed by atoms with Crippen LogP contribution in [0.3, 0.4) is 0 Å². The van der Waals surface area contributed by atoms with E-state index in [9.17, 15) is 10.1 Å². The van der Waals surface area contributed by atoms with Gasteiger partial charge in [-0.05, 0) is 11.6 Å². The van der Waals surface area contributed by atoms with Gasteiger partial charge in [0.25, 0.3) is 0 Å². The molecule has 0 fully saturated rings. The largest absolute Gasteiger partial charge is 0.350 e. The van der Waals surface area contributed by atoms with Gasteiger partial charge in [0, 0.05) is 6.08 Å². The zero-order valence-electron chi connectivity index (χ0n) is 7.36. The summed E-state index contributed by atoms with van der Waals surface area (Å²) in [7, 11) is 0. The molecule has 0 heterocycles. The van der Waals surface area contributed by atoms with Crippen molar-refractivity contribution in [1.29, 1.82) is 0 Å². The Bertz CT molecular complexity index is 405. The maximum absolute atomic E-state index is 10.9. The highest BCUT2D eigenvalue weighted by Gasteiger charge is 2.77. The van der Waals surface area contributed by atoms with Crippen molar-refractivity contribution in [2.75, 3.05) is 0 Å². The van der Waals surface area contributed by atoms with Crippen molar-refractivity contribution in [2.24, 2.45) is 0 Å². The van der Waals surface area contributed by atoms with Crippen molar-refractivity contribution < 1.29 is 4.92 Å². The number of alkyl halides is 7. The molecule has 0 N–H and O–H groups in total. The smallest absolute Gasteiger partial charge is 0.262 e. The minimum Gasteiger partial charge on any atom is -0.262 e. The Balaban J connectivity index is 3.63. The van der Waals surface area contributed by atoms with E-state index in [1.165, 1.54) is 0 Å². The summed E-state index contributed by atoms with van der Waals surface area (Å²) < 4.78 is -7.07. The van der Waals surface area contributed by atoms with E-state index in [1.807, 2.05) is 0 Å². The maximum atomic E-state index is 10.9. The fourth-order valence-corrected chi connectivity index (χ4v) is 3.49. The highest BCUT2D eigenvalue weighted by Crippen LogP contribution is 2.66. The maximum Gasteiger partial charge on any atom is 0.350 e. The third-order valence-corrected chi connectivity index (χ3v) is 7.45. The molecule has 1 aliphatic carbocycles. The van der Waals surface area contributed by atoms with E-state index in [0.717, 1.165) is 0 Å². The zero-order valence-corrected chi connectivity index (χ0v) is 13.4. The van der Waals surface area contributed by atoms with Crippen LogP contribution in [0.1, 0.15) is 0 Å². The summed E-state index contributed by atoms with van der Waals surface area (Å²) in [6, 6.07) is 0. The molecule has 0 saturated heterocycles. The number of nitrogens with zero attached hydrogens (tertiary/aromatic N) is 1. The standard InChI is InChI=1S/C6HCl8NO2/c7-2-1-3(8,15(16)17)5(11,12)6(13,14)4(2,9)10/h1H. The molecule has 0 radical (unpaired) electrons. The Morgan fingerprint density at radius 3 is 1.76 bits per heavy atom. The molecule has 17 heavy (non-hydrogen) atoms. The Labute approximate surface area is 136 Å². The SMILES string of the molecule is O=[N+]([O-])C1(Cl)C=C(Cl)C(Cl)(Cl)C(Cl)(Cl)C1(Cl)Cl. The van der Waals surface area contributed by atoms with E-state index in [4.69, 9.17) is 92.8 Å². The fourth-order valence-electron chi connectivity index (χ4n) is 1.08. The Morgan fingerprint density at radius 1 is 1.00 bits per heavy atom. The molecule has 1 rings (SSSR count). The first-order chi connectivity index (χ1) is 7.32. The first-order valence-electron chi connectivity index (χ1n) is 3.68. The topological polar surface area (TPSA) is 43.1 Å². The molecular formula is C6HCl8NO2. The van der Waals surface area contributed by atoms with Gasteiger partial charge in [0.15, 0.2) is 8.67 Å². The van der Waals surface area contributed by atoms with Gasteiger partial charge >= 0.3 is 5.00 Å². The second-order valence-corrected chi connectivity index (χ2v) is 8.11. The van der Waals surface area contributed by atoms with Gasteiger partial charge in [0.2, 0.25) is 4.33 Å². The molecule has 0 bridgehead atoms. The van der Waals surface area contributed by atoms with Crippen LogP contribution in [0.25, 0.3) is 0 Å². The average Bonchev–Trinajstić information content (AvgIpc) is 2.14. The van der Waals surface area contributed by atoms with Crippen LogP contribution in [0.5, 0.6) is 0 Å². The van der Waals surface area contributed by atoms with E-state index in [-0.39, 0.29) is 0 Å².